The van der Waals surface area contributed by atoms with Gasteiger partial charge in [-0.25, -0.2) is 4.99 Å². The summed E-state index contributed by atoms with van der Waals surface area (Å²) in [5.41, 5.74) is 8.12. The monoisotopic (exact) mass is 376 g/mol. The van der Waals surface area contributed by atoms with Crippen LogP contribution in [0.4, 0.5) is 0 Å². The van der Waals surface area contributed by atoms with Crippen LogP contribution in [0.1, 0.15) is 18.2 Å². The molecular formula is C13H21IN4O. The molecule has 1 aliphatic heterocycles. The molecule has 0 aromatic carbocycles. The Kier molecular flexibility index (Phi) is 6.50. The Morgan fingerprint density at radius 2 is 2.42 bits per heavy atom. The molecule has 0 bridgehead atoms. The smallest absolute Gasteiger partial charge is 0.191 e. The van der Waals surface area contributed by atoms with Crippen molar-refractivity contribution in [3.8, 4) is 0 Å². The molecule has 5 nitrogen and oxygen atoms in total. The van der Waals surface area contributed by atoms with Gasteiger partial charge in [0.05, 0.1) is 24.9 Å². The lowest BCUT2D eigenvalue weighted by molar-refractivity contribution is 0.00528. The van der Waals surface area contributed by atoms with Crippen LogP contribution in [0.15, 0.2) is 23.3 Å². The van der Waals surface area contributed by atoms with Gasteiger partial charge in [-0.15, -0.1) is 24.0 Å². The Labute approximate surface area is 131 Å². The number of hydrogen-bond acceptors (Lipinski definition) is 3. The molecular weight excluding hydrogens is 355 g/mol. The van der Waals surface area contributed by atoms with Crippen LogP contribution in [-0.4, -0.2) is 41.6 Å². The predicted molar refractivity (Wildman–Crippen MR) is 86.7 cm³/mol. The average Bonchev–Trinajstić information content (AvgIpc) is 2.37. The van der Waals surface area contributed by atoms with Crippen LogP contribution < -0.4 is 5.73 Å². The van der Waals surface area contributed by atoms with E-state index in [1.807, 2.05) is 26.0 Å². The zero-order chi connectivity index (χ0) is 13.0. The summed E-state index contributed by atoms with van der Waals surface area (Å²) < 4.78 is 5.48. The van der Waals surface area contributed by atoms with Gasteiger partial charge in [-0.2, -0.15) is 0 Å². The highest BCUT2D eigenvalue weighted by atomic mass is 127. The van der Waals surface area contributed by atoms with Gasteiger partial charge in [-0.05, 0) is 25.5 Å². The maximum Gasteiger partial charge on any atom is 0.191 e. The molecule has 1 unspecified atom stereocenters. The van der Waals surface area contributed by atoms with Crippen molar-refractivity contribution in [2.45, 2.75) is 26.5 Å². The number of morpholine rings is 1. The van der Waals surface area contributed by atoms with E-state index in [1.165, 1.54) is 0 Å². The number of ether oxygens (including phenoxy) is 1. The fraction of sp³-hybridized carbons (Fsp3) is 0.538. The Morgan fingerprint density at radius 3 is 3.11 bits per heavy atom. The van der Waals surface area contributed by atoms with Crippen LogP contribution in [0.3, 0.4) is 0 Å². The zero-order valence-corrected chi connectivity index (χ0v) is 13.7. The Bertz CT molecular complexity index is 438. The average molecular weight is 376 g/mol. The first-order chi connectivity index (χ1) is 8.66. The highest BCUT2D eigenvalue weighted by Gasteiger charge is 2.17. The Balaban J connectivity index is 0.00000180. The second-order valence-corrected chi connectivity index (χ2v) is 4.57. The van der Waals surface area contributed by atoms with Gasteiger partial charge in [0.2, 0.25) is 0 Å². The van der Waals surface area contributed by atoms with Crippen molar-refractivity contribution >= 4 is 29.9 Å². The van der Waals surface area contributed by atoms with Gasteiger partial charge in [0.25, 0.3) is 0 Å². The number of aliphatic imine (C=N–C) groups is 1. The molecule has 6 heteroatoms. The Morgan fingerprint density at radius 1 is 1.63 bits per heavy atom. The molecule has 0 spiro atoms. The van der Waals surface area contributed by atoms with Gasteiger partial charge in [-0.1, -0.05) is 6.07 Å². The zero-order valence-electron chi connectivity index (χ0n) is 11.4. The first-order valence-corrected chi connectivity index (χ1v) is 6.24. The molecule has 0 radical (unpaired) electrons. The summed E-state index contributed by atoms with van der Waals surface area (Å²) in [4.78, 5) is 10.8. The fourth-order valence-corrected chi connectivity index (χ4v) is 1.97. The van der Waals surface area contributed by atoms with Crippen molar-refractivity contribution in [2.75, 3.05) is 19.7 Å². The van der Waals surface area contributed by atoms with Crippen LogP contribution in [0, 0.1) is 6.92 Å². The molecule has 1 aliphatic rings. The quantitative estimate of drug-likeness (QED) is 0.483. The molecule has 1 aromatic rings. The number of rotatable bonds is 2. The van der Waals surface area contributed by atoms with E-state index in [9.17, 15) is 0 Å². The molecule has 2 N–H and O–H groups in total. The first kappa shape index (κ1) is 16.2. The number of hydrogen-bond donors (Lipinski definition) is 1. The van der Waals surface area contributed by atoms with E-state index in [1.54, 1.807) is 6.20 Å². The predicted octanol–water partition coefficient (Wildman–Crippen LogP) is 1.54. The van der Waals surface area contributed by atoms with Crippen molar-refractivity contribution in [1.29, 1.82) is 0 Å². The van der Waals surface area contributed by atoms with E-state index in [-0.39, 0.29) is 30.1 Å². The molecule has 1 aromatic heterocycles. The maximum atomic E-state index is 6.00. The first-order valence-electron chi connectivity index (χ1n) is 6.24. The van der Waals surface area contributed by atoms with Gasteiger partial charge in [0.1, 0.15) is 0 Å². The Hall–Kier alpha value is -0.890. The summed E-state index contributed by atoms with van der Waals surface area (Å²) in [6.45, 7) is 6.93. The lowest BCUT2D eigenvalue weighted by Crippen LogP contribution is -2.47. The molecule has 1 saturated heterocycles. The molecule has 0 amide bonds. The van der Waals surface area contributed by atoms with Gasteiger partial charge in [0, 0.05) is 19.3 Å². The normalized spacial score (nSPS) is 20.0. The second-order valence-electron chi connectivity index (χ2n) is 4.57. The molecule has 106 valence electrons. The third-order valence-electron chi connectivity index (χ3n) is 3.07. The maximum absolute atomic E-state index is 6.00. The van der Waals surface area contributed by atoms with E-state index < -0.39 is 0 Å². The van der Waals surface area contributed by atoms with Crippen LogP contribution in [0.5, 0.6) is 0 Å². The van der Waals surface area contributed by atoms with Crippen molar-refractivity contribution in [2.24, 2.45) is 10.7 Å². The largest absolute Gasteiger partial charge is 0.375 e. The van der Waals surface area contributed by atoms with E-state index in [2.05, 4.69) is 14.9 Å². The summed E-state index contributed by atoms with van der Waals surface area (Å²) in [6.07, 6.45) is 1.99. The highest BCUT2D eigenvalue weighted by molar-refractivity contribution is 14.0. The number of aromatic nitrogens is 1. The highest BCUT2D eigenvalue weighted by Crippen LogP contribution is 2.07. The standard InChI is InChI=1S/C13H20N4O.HI/c1-10-4-3-5-15-12(10)8-16-13(14)17-6-7-18-11(2)9-17;/h3-5,11H,6-9H2,1-2H3,(H2,14,16);1H. The molecule has 19 heavy (non-hydrogen) atoms. The SMILES string of the molecule is Cc1cccnc1CN=C(N)N1CCOC(C)C1.I. The van der Waals surface area contributed by atoms with E-state index >= 15 is 0 Å². The second kappa shape index (κ2) is 7.64. The number of nitrogens with zero attached hydrogens (tertiary/aromatic N) is 3. The van der Waals surface area contributed by atoms with Crippen LogP contribution in [0.2, 0.25) is 0 Å². The summed E-state index contributed by atoms with van der Waals surface area (Å²) in [5.74, 6) is 0.579. The molecule has 1 atom stereocenters. The minimum absolute atomic E-state index is 0. The van der Waals surface area contributed by atoms with Gasteiger partial charge in [-0.3, -0.25) is 4.98 Å². The topological polar surface area (TPSA) is 63.7 Å². The van der Waals surface area contributed by atoms with Crippen LogP contribution in [-0.2, 0) is 11.3 Å². The summed E-state index contributed by atoms with van der Waals surface area (Å²) >= 11 is 0. The van der Waals surface area contributed by atoms with Crippen LogP contribution >= 0.6 is 24.0 Å². The number of pyridine rings is 1. The summed E-state index contributed by atoms with van der Waals surface area (Å²) in [7, 11) is 0. The number of nitrogens with two attached hydrogens (primary N) is 1. The number of aryl methyl sites for hydroxylation is 1. The van der Waals surface area contributed by atoms with Gasteiger partial charge >= 0.3 is 0 Å². The molecule has 0 aliphatic carbocycles. The fourth-order valence-electron chi connectivity index (χ4n) is 1.97. The number of guanidine groups is 1. The van der Waals surface area contributed by atoms with E-state index in [0.29, 0.717) is 19.1 Å². The molecule has 2 heterocycles. The van der Waals surface area contributed by atoms with Crippen molar-refractivity contribution < 1.29 is 4.74 Å². The van der Waals surface area contributed by atoms with Gasteiger partial charge < -0.3 is 15.4 Å². The third kappa shape index (κ3) is 4.61. The lowest BCUT2D eigenvalue weighted by Gasteiger charge is -2.31. The molecule has 1 fully saturated rings. The van der Waals surface area contributed by atoms with Crippen LogP contribution in [0.25, 0.3) is 0 Å². The third-order valence-corrected chi connectivity index (χ3v) is 3.07. The minimum Gasteiger partial charge on any atom is -0.375 e. The molecule has 0 saturated carbocycles. The number of halogens is 1. The summed E-state index contributed by atoms with van der Waals surface area (Å²) in [5, 5.41) is 0. The van der Waals surface area contributed by atoms with Gasteiger partial charge in [0.15, 0.2) is 5.96 Å². The van der Waals surface area contributed by atoms with Crippen molar-refractivity contribution in [3.05, 3.63) is 29.6 Å². The summed E-state index contributed by atoms with van der Waals surface area (Å²) in [6, 6.07) is 3.96. The van der Waals surface area contributed by atoms with Crippen molar-refractivity contribution in [3.63, 3.8) is 0 Å². The minimum atomic E-state index is 0. The van der Waals surface area contributed by atoms with E-state index in [4.69, 9.17) is 10.5 Å². The van der Waals surface area contributed by atoms with Crippen molar-refractivity contribution in [1.82, 2.24) is 9.88 Å². The molecule has 2 rings (SSSR count). The van der Waals surface area contributed by atoms with E-state index in [0.717, 1.165) is 24.3 Å². The lowest BCUT2D eigenvalue weighted by atomic mass is 10.2.